The number of carbonyl (C=O) groups is 1. The molecule has 2 aromatic rings. The molecule has 0 saturated carbocycles. The average molecular weight is 347 g/mol. The highest BCUT2D eigenvalue weighted by Crippen LogP contribution is 2.31. The van der Waals surface area contributed by atoms with Crippen LogP contribution >= 0.6 is 23.2 Å². The zero-order valence-corrected chi connectivity index (χ0v) is 13.6. The van der Waals surface area contributed by atoms with E-state index in [0.29, 0.717) is 32.6 Å². The summed E-state index contributed by atoms with van der Waals surface area (Å²) < 4.78 is 0. The van der Waals surface area contributed by atoms with Gasteiger partial charge in [-0.3, -0.25) is 4.79 Å². The van der Waals surface area contributed by atoms with Crippen molar-refractivity contribution in [3.05, 3.63) is 63.6 Å². The topological polar surface area (TPSA) is 52.9 Å². The van der Waals surface area contributed by atoms with Crippen LogP contribution in [-0.2, 0) is 4.79 Å². The van der Waals surface area contributed by atoms with Crippen molar-refractivity contribution in [3.8, 4) is 5.75 Å². The van der Waals surface area contributed by atoms with E-state index in [9.17, 15) is 9.90 Å². The van der Waals surface area contributed by atoms with E-state index >= 15 is 0 Å². The predicted octanol–water partition coefficient (Wildman–Crippen LogP) is 4.51. The molecule has 0 fully saturated rings. The van der Waals surface area contributed by atoms with Gasteiger partial charge in [-0.2, -0.15) is 10.1 Å². The van der Waals surface area contributed by atoms with Gasteiger partial charge in [-0.05, 0) is 37.3 Å². The molecule has 6 heteroatoms. The van der Waals surface area contributed by atoms with Crippen LogP contribution in [-0.4, -0.2) is 16.7 Å². The number of amides is 1. The van der Waals surface area contributed by atoms with Crippen molar-refractivity contribution in [2.45, 2.75) is 6.92 Å². The fourth-order valence-corrected chi connectivity index (χ4v) is 2.53. The number of benzene rings is 2. The van der Waals surface area contributed by atoms with E-state index in [4.69, 9.17) is 23.2 Å². The van der Waals surface area contributed by atoms with Crippen LogP contribution in [0.25, 0.3) is 6.08 Å². The maximum Gasteiger partial charge on any atom is 0.280 e. The summed E-state index contributed by atoms with van der Waals surface area (Å²) in [5.41, 5.74) is 2.06. The molecule has 1 aliphatic heterocycles. The smallest absolute Gasteiger partial charge is 0.280 e. The lowest BCUT2D eigenvalue weighted by atomic mass is 10.1. The molecule has 1 heterocycles. The molecule has 0 atom stereocenters. The summed E-state index contributed by atoms with van der Waals surface area (Å²) in [7, 11) is 0. The highest BCUT2D eigenvalue weighted by molar-refractivity contribution is 6.42. The number of anilines is 1. The van der Waals surface area contributed by atoms with Crippen LogP contribution in [0, 0.1) is 0 Å². The minimum Gasteiger partial charge on any atom is -0.507 e. The molecule has 23 heavy (non-hydrogen) atoms. The lowest BCUT2D eigenvalue weighted by Gasteiger charge is -2.12. The molecule has 0 aromatic heterocycles. The summed E-state index contributed by atoms with van der Waals surface area (Å²) in [6.07, 6.45) is 1.62. The van der Waals surface area contributed by atoms with Crippen LogP contribution in [0.4, 0.5) is 5.69 Å². The standard InChI is InChI=1S/C17H12Cl2N2O2/c1-10-13(8-11-4-2-3-5-16(11)22)17(23)21(20-10)12-6-7-14(18)15(19)9-12/h2-9,22H,1H3/b13-8-. The van der Waals surface area contributed by atoms with Crippen LogP contribution < -0.4 is 5.01 Å². The first kappa shape index (κ1) is 15.6. The third-order valence-corrected chi connectivity index (χ3v) is 4.19. The fraction of sp³-hybridized carbons (Fsp3) is 0.0588. The highest BCUT2D eigenvalue weighted by atomic mass is 35.5. The Kier molecular flexibility index (Phi) is 4.11. The Balaban J connectivity index is 1.98. The number of rotatable bonds is 2. The third kappa shape index (κ3) is 2.96. The van der Waals surface area contributed by atoms with Crippen molar-refractivity contribution in [2.75, 3.05) is 5.01 Å². The zero-order valence-electron chi connectivity index (χ0n) is 12.1. The molecule has 2 aromatic carbocycles. The van der Waals surface area contributed by atoms with Gasteiger partial charge in [-0.1, -0.05) is 41.4 Å². The molecule has 0 spiro atoms. The Labute approximate surface area is 143 Å². The summed E-state index contributed by atoms with van der Waals surface area (Å²) >= 11 is 11.9. The molecule has 1 N–H and O–H groups in total. The van der Waals surface area contributed by atoms with Crippen molar-refractivity contribution >= 4 is 46.6 Å². The molecular formula is C17H12Cl2N2O2. The minimum absolute atomic E-state index is 0.105. The van der Waals surface area contributed by atoms with Gasteiger partial charge in [0.2, 0.25) is 0 Å². The molecule has 0 bridgehead atoms. The van der Waals surface area contributed by atoms with Crippen molar-refractivity contribution < 1.29 is 9.90 Å². The van der Waals surface area contributed by atoms with Gasteiger partial charge in [0.15, 0.2) is 0 Å². The number of para-hydroxylation sites is 1. The molecule has 0 radical (unpaired) electrons. The molecule has 0 aliphatic carbocycles. The number of phenols is 1. The monoisotopic (exact) mass is 346 g/mol. The van der Waals surface area contributed by atoms with Crippen molar-refractivity contribution in [2.24, 2.45) is 5.10 Å². The first-order chi connectivity index (χ1) is 11.0. The van der Waals surface area contributed by atoms with Crippen molar-refractivity contribution in [1.29, 1.82) is 0 Å². The van der Waals surface area contributed by atoms with Crippen LogP contribution in [0.5, 0.6) is 5.75 Å². The zero-order chi connectivity index (χ0) is 16.6. The highest BCUT2D eigenvalue weighted by Gasteiger charge is 2.29. The molecule has 116 valence electrons. The molecule has 0 saturated heterocycles. The second kappa shape index (κ2) is 6.07. The molecule has 1 amide bonds. The normalized spacial score (nSPS) is 16.1. The van der Waals surface area contributed by atoms with Gasteiger partial charge in [0.1, 0.15) is 5.75 Å². The number of halogens is 2. The number of phenolic OH excluding ortho intramolecular Hbond substituents is 1. The van der Waals surface area contributed by atoms with Gasteiger partial charge in [0.25, 0.3) is 5.91 Å². The lowest BCUT2D eigenvalue weighted by molar-refractivity contribution is -0.114. The van der Waals surface area contributed by atoms with Gasteiger partial charge >= 0.3 is 0 Å². The van der Waals surface area contributed by atoms with Gasteiger partial charge in [-0.25, -0.2) is 0 Å². The molecule has 3 rings (SSSR count). The van der Waals surface area contributed by atoms with E-state index in [1.165, 1.54) is 5.01 Å². The average Bonchev–Trinajstić information content (AvgIpc) is 2.80. The van der Waals surface area contributed by atoms with Gasteiger partial charge in [-0.15, -0.1) is 0 Å². The van der Waals surface area contributed by atoms with E-state index in [-0.39, 0.29) is 11.7 Å². The number of carbonyl (C=O) groups excluding carboxylic acids is 1. The van der Waals surface area contributed by atoms with Crippen LogP contribution in [0.3, 0.4) is 0 Å². The summed E-state index contributed by atoms with van der Waals surface area (Å²) in [6.45, 7) is 1.74. The van der Waals surface area contributed by atoms with Gasteiger partial charge < -0.3 is 5.11 Å². The maximum atomic E-state index is 12.6. The Morgan fingerprint density at radius 1 is 1.13 bits per heavy atom. The van der Waals surface area contributed by atoms with Crippen LogP contribution in [0.2, 0.25) is 10.0 Å². The lowest BCUT2D eigenvalue weighted by Crippen LogP contribution is -2.21. The molecular weight excluding hydrogens is 335 g/mol. The first-order valence-corrected chi connectivity index (χ1v) is 7.58. The molecule has 4 nitrogen and oxygen atoms in total. The second-order valence-electron chi connectivity index (χ2n) is 5.02. The Hall–Kier alpha value is -2.30. The van der Waals surface area contributed by atoms with Crippen molar-refractivity contribution in [1.82, 2.24) is 0 Å². The third-order valence-electron chi connectivity index (χ3n) is 3.45. The Morgan fingerprint density at radius 2 is 1.87 bits per heavy atom. The van der Waals surface area contributed by atoms with Crippen molar-refractivity contribution in [3.63, 3.8) is 0 Å². The Morgan fingerprint density at radius 3 is 2.57 bits per heavy atom. The quantitative estimate of drug-likeness (QED) is 0.813. The minimum atomic E-state index is -0.288. The predicted molar refractivity (Wildman–Crippen MR) is 93.1 cm³/mol. The van der Waals surface area contributed by atoms with E-state index in [1.807, 2.05) is 0 Å². The summed E-state index contributed by atoms with van der Waals surface area (Å²) in [5.74, 6) is -0.183. The van der Waals surface area contributed by atoms with Gasteiger partial charge in [0.05, 0.1) is 27.0 Å². The van der Waals surface area contributed by atoms with Crippen LogP contribution in [0.1, 0.15) is 12.5 Å². The van der Waals surface area contributed by atoms with E-state index < -0.39 is 0 Å². The number of hydrogen-bond donors (Lipinski definition) is 1. The van der Waals surface area contributed by atoms with Gasteiger partial charge in [0, 0.05) is 5.56 Å². The summed E-state index contributed by atoms with van der Waals surface area (Å²) in [5, 5.41) is 16.1. The summed E-state index contributed by atoms with van der Waals surface area (Å²) in [6, 6.07) is 11.7. The number of nitrogens with zero attached hydrogens (tertiary/aromatic N) is 2. The second-order valence-corrected chi connectivity index (χ2v) is 5.83. The van der Waals surface area contributed by atoms with E-state index in [2.05, 4.69) is 5.10 Å². The Bertz CT molecular complexity index is 859. The SMILES string of the molecule is CC1=NN(c2ccc(Cl)c(Cl)c2)C(=O)/C1=C\c1ccccc1O. The number of hydrogen-bond acceptors (Lipinski definition) is 3. The molecule has 0 unspecified atom stereocenters. The number of hydrazone groups is 1. The van der Waals surface area contributed by atoms with Crippen LogP contribution in [0.15, 0.2) is 53.1 Å². The number of aromatic hydroxyl groups is 1. The first-order valence-electron chi connectivity index (χ1n) is 6.82. The largest absolute Gasteiger partial charge is 0.507 e. The molecule has 1 aliphatic rings. The van der Waals surface area contributed by atoms with E-state index in [0.717, 1.165) is 0 Å². The summed E-state index contributed by atoms with van der Waals surface area (Å²) in [4.78, 5) is 12.6. The maximum absolute atomic E-state index is 12.6. The van der Waals surface area contributed by atoms with E-state index in [1.54, 1.807) is 55.5 Å². The fourth-order valence-electron chi connectivity index (χ4n) is 2.24.